The summed E-state index contributed by atoms with van der Waals surface area (Å²) in [6.07, 6.45) is -19.4. The third kappa shape index (κ3) is 5.96. The molecular weight excluding hydrogens is 309 g/mol. The van der Waals surface area contributed by atoms with Gasteiger partial charge in [0.25, 0.3) is 0 Å². The summed E-state index contributed by atoms with van der Waals surface area (Å²) in [6.45, 7) is -2.66. The zero-order valence-electron chi connectivity index (χ0n) is 8.35. The molecule has 19 heavy (non-hydrogen) atoms. The van der Waals surface area contributed by atoms with Gasteiger partial charge in [-0.3, -0.25) is 0 Å². The average molecular weight is 312 g/mol. The van der Waals surface area contributed by atoms with Gasteiger partial charge in [0.15, 0.2) is 6.61 Å². The Hall–Kier alpha value is -1.23. The van der Waals surface area contributed by atoms with Crippen molar-refractivity contribution in [3.63, 3.8) is 0 Å². The van der Waals surface area contributed by atoms with Gasteiger partial charge in [-0.25, -0.2) is 0 Å². The first kappa shape index (κ1) is 17.8. The molecule has 12 heteroatoms. The van der Waals surface area contributed by atoms with E-state index in [9.17, 15) is 48.3 Å². The molecule has 0 heterocycles. The summed E-state index contributed by atoms with van der Waals surface area (Å²) in [7, 11) is 0. The van der Waals surface area contributed by atoms with E-state index in [0.29, 0.717) is 0 Å². The molecule has 0 saturated carbocycles. The Morgan fingerprint density at radius 1 is 0.789 bits per heavy atom. The number of halogens is 11. The van der Waals surface area contributed by atoms with Crippen LogP contribution < -0.4 is 0 Å². The summed E-state index contributed by atoms with van der Waals surface area (Å²) >= 11 is 0. The molecule has 0 radical (unpaired) electrons. The highest BCUT2D eigenvalue weighted by Gasteiger charge is 2.58. The van der Waals surface area contributed by atoms with Crippen LogP contribution in [0.4, 0.5) is 48.3 Å². The molecule has 0 N–H and O–H groups in total. The van der Waals surface area contributed by atoms with Crippen molar-refractivity contribution in [3.05, 3.63) is 11.8 Å². The standard InChI is InChI=1S/C7H3F11O/c8-4(9,7(16,17)18)1-3(6(13,14)15)19-2-5(10,11)12/h1H,2H2/b3-1-. The van der Waals surface area contributed by atoms with Crippen LogP contribution >= 0.6 is 0 Å². The van der Waals surface area contributed by atoms with Crippen LogP contribution in [0.2, 0.25) is 0 Å². The lowest BCUT2D eigenvalue weighted by atomic mass is 10.2. The van der Waals surface area contributed by atoms with Gasteiger partial charge in [-0.2, -0.15) is 48.3 Å². The van der Waals surface area contributed by atoms with Crippen molar-refractivity contribution in [2.75, 3.05) is 6.61 Å². The summed E-state index contributed by atoms with van der Waals surface area (Å²) in [5.41, 5.74) is 0. The summed E-state index contributed by atoms with van der Waals surface area (Å²) in [5.74, 6) is -9.06. The predicted octanol–water partition coefficient (Wildman–Crippen LogP) is 4.21. The molecule has 0 bridgehead atoms. The molecule has 0 saturated heterocycles. The van der Waals surface area contributed by atoms with Crippen molar-refractivity contribution in [3.8, 4) is 0 Å². The maximum atomic E-state index is 12.3. The smallest absolute Gasteiger partial charge is 0.457 e. The van der Waals surface area contributed by atoms with Crippen LogP contribution in [-0.4, -0.2) is 31.1 Å². The largest absolute Gasteiger partial charge is 0.479 e. The molecule has 0 aromatic rings. The van der Waals surface area contributed by atoms with Crippen LogP contribution in [0.1, 0.15) is 0 Å². The van der Waals surface area contributed by atoms with Crippen molar-refractivity contribution in [1.82, 2.24) is 0 Å². The van der Waals surface area contributed by atoms with Crippen molar-refractivity contribution < 1.29 is 53.0 Å². The Morgan fingerprint density at radius 3 is 1.47 bits per heavy atom. The second kappa shape index (κ2) is 5.04. The van der Waals surface area contributed by atoms with Gasteiger partial charge in [-0.1, -0.05) is 0 Å². The van der Waals surface area contributed by atoms with E-state index in [1.54, 1.807) is 0 Å². The maximum Gasteiger partial charge on any atom is 0.457 e. The molecule has 0 aromatic heterocycles. The topological polar surface area (TPSA) is 9.23 Å². The van der Waals surface area contributed by atoms with Crippen molar-refractivity contribution in [1.29, 1.82) is 0 Å². The van der Waals surface area contributed by atoms with Gasteiger partial charge < -0.3 is 4.74 Å². The molecular formula is C7H3F11O. The summed E-state index contributed by atoms with van der Waals surface area (Å²) in [5, 5.41) is 0. The minimum absolute atomic E-state index is 1.75. The first-order valence-corrected chi connectivity index (χ1v) is 4.00. The lowest BCUT2D eigenvalue weighted by Crippen LogP contribution is -2.36. The van der Waals surface area contributed by atoms with Gasteiger partial charge in [0.05, 0.1) is 0 Å². The fourth-order valence-corrected chi connectivity index (χ4v) is 0.611. The molecule has 0 spiro atoms. The molecule has 114 valence electrons. The minimum atomic E-state index is -6.40. The summed E-state index contributed by atoms with van der Waals surface area (Å²) in [4.78, 5) is 0. The lowest BCUT2D eigenvalue weighted by molar-refractivity contribution is -0.262. The molecule has 0 rings (SSSR count). The van der Waals surface area contributed by atoms with Gasteiger partial charge in [-0.05, 0) is 0 Å². The number of ether oxygens (including phenoxy) is 1. The highest BCUT2D eigenvalue weighted by Crippen LogP contribution is 2.40. The second-order valence-electron chi connectivity index (χ2n) is 3.03. The van der Waals surface area contributed by atoms with E-state index in [2.05, 4.69) is 4.74 Å². The van der Waals surface area contributed by atoms with Gasteiger partial charge >= 0.3 is 24.5 Å². The Labute approximate surface area is 97.2 Å². The van der Waals surface area contributed by atoms with Crippen molar-refractivity contribution in [2.24, 2.45) is 0 Å². The van der Waals surface area contributed by atoms with E-state index >= 15 is 0 Å². The van der Waals surface area contributed by atoms with E-state index in [-0.39, 0.29) is 0 Å². The fraction of sp³-hybridized carbons (Fsp3) is 0.714. The minimum Gasteiger partial charge on any atom is -0.479 e. The van der Waals surface area contributed by atoms with E-state index < -0.39 is 42.9 Å². The maximum absolute atomic E-state index is 12.3. The number of hydrogen-bond donors (Lipinski definition) is 0. The number of rotatable bonds is 3. The monoisotopic (exact) mass is 312 g/mol. The van der Waals surface area contributed by atoms with Crippen LogP contribution in [0.5, 0.6) is 0 Å². The van der Waals surface area contributed by atoms with Crippen molar-refractivity contribution >= 4 is 0 Å². The zero-order chi connectivity index (χ0) is 15.7. The molecule has 0 aliphatic heterocycles. The van der Waals surface area contributed by atoms with Gasteiger partial charge in [-0.15, -0.1) is 0 Å². The Kier molecular flexibility index (Phi) is 4.71. The normalized spacial score (nSPS) is 15.6. The van der Waals surface area contributed by atoms with E-state index in [1.165, 1.54) is 0 Å². The first-order valence-electron chi connectivity index (χ1n) is 4.00. The molecule has 0 unspecified atom stereocenters. The van der Waals surface area contributed by atoms with Gasteiger partial charge in [0, 0.05) is 6.08 Å². The van der Waals surface area contributed by atoms with E-state index in [1.807, 2.05) is 0 Å². The van der Waals surface area contributed by atoms with Gasteiger partial charge in [0.1, 0.15) is 0 Å². The van der Waals surface area contributed by atoms with E-state index in [4.69, 9.17) is 0 Å². The Morgan fingerprint density at radius 2 is 1.21 bits per heavy atom. The lowest BCUT2D eigenvalue weighted by Gasteiger charge is -2.20. The molecule has 0 amide bonds. The highest BCUT2D eigenvalue weighted by atomic mass is 19.4. The second-order valence-corrected chi connectivity index (χ2v) is 3.03. The highest BCUT2D eigenvalue weighted by molar-refractivity contribution is 5.09. The van der Waals surface area contributed by atoms with Crippen molar-refractivity contribution in [2.45, 2.75) is 24.5 Å². The summed E-state index contributed by atoms with van der Waals surface area (Å²) < 4.78 is 133. The third-order valence-corrected chi connectivity index (χ3v) is 1.36. The molecule has 0 atom stereocenters. The Bertz CT molecular complexity index is 330. The third-order valence-electron chi connectivity index (χ3n) is 1.36. The van der Waals surface area contributed by atoms with Crippen LogP contribution in [0.3, 0.4) is 0 Å². The summed E-state index contributed by atoms with van der Waals surface area (Å²) in [6, 6.07) is 0. The van der Waals surface area contributed by atoms with E-state index in [0.717, 1.165) is 0 Å². The van der Waals surface area contributed by atoms with Crippen LogP contribution in [0, 0.1) is 0 Å². The molecule has 0 fully saturated rings. The quantitative estimate of drug-likeness (QED) is 0.560. The molecule has 0 aliphatic rings. The SMILES string of the molecule is FC(F)(F)CO/C(=C\C(F)(F)C(F)(F)F)C(F)(F)F. The molecule has 0 aromatic carbocycles. The number of hydrogen-bond acceptors (Lipinski definition) is 1. The van der Waals surface area contributed by atoms with Crippen LogP contribution in [0.15, 0.2) is 11.8 Å². The zero-order valence-corrected chi connectivity index (χ0v) is 8.35. The average Bonchev–Trinajstić information content (AvgIpc) is 2.06. The first-order chi connectivity index (χ1) is 8.06. The number of alkyl halides is 11. The molecule has 0 aliphatic carbocycles. The van der Waals surface area contributed by atoms with Gasteiger partial charge in [0.2, 0.25) is 5.76 Å². The Balaban J connectivity index is 5.29. The van der Waals surface area contributed by atoms with Crippen LogP contribution in [0.25, 0.3) is 0 Å². The fourth-order valence-electron chi connectivity index (χ4n) is 0.611. The predicted molar refractivity (Wildman–Crippen MR) is 37.1 cm³/mol. The molecule has 1 nitrogen and oxygen atoms in total. The van der Waals surface area contributed by atoms with Crippen LogP contribution in [-0.2, 0) is 4.74 Å². The number of allylic oxidation sites excluding steroid dienone is 2.